The minimum absolute atomic E-state index is 0.0746. The Morgan fingerprint density at radius 1 is 1.35 bits per heavy atom. The molecule has 6 nitrogen and oxygen atoms in total. The molecule has 0 spiro atoms. The number of hydrogen-bond donors (Lipinski definition) is 0. The van der Waals surface area contributed by atoms with Crippen LogP contribution in [0, 0.1) is 0 Å². The second-order valence-corrected chi connectivity index (χ2v) is 4.86. The summed E-state index contributed by atoms with van der Waals surface area (Å²) < 4.78 is 3.46. The molecule has 0 radical (unpaired) electrons. The number of aryl methyl sites for hydroxylation is 1. The summed E-state index contributed by atoms with van der Waals surface area (Å²) in [5, 5.41) is 9.79. The molecule has 17 heavy (non-hydrogen) atoms. The number of aromatic nitrogens is 5. The van der Waals surface area contributed by atoms with Crippen molar-refractivity contribution in [1.82, 2.24) is 24.4 Å². The smallest absolute Gasteiger partial charge is 0.265 e. The van der Waals surface area contributed by atoms with Gasteiger partial charge in [-0.25, -0.2) is 9.20 Å². The summed E-state index contributed by atoms with van der Waals surface area (Å²) in [6.45, 7) is 0.664. The van der Waals surface area contributed by atoms with Gasteiger partial charge in [0, 0.05) is 11.9 Å². The van der Waals surface area contributed by atoms with Gasteiger partial charge >= 0.3 is 0 Å². The summed E-state index contributed by atoms with van der Waals surface area (Å²) >= 11 is 1.61. The van der Waals surface area contributed by atoms with Gasteiger partial charge in [0.1, 0.15) is 5.52 Å². The maximum atomic E-state index is 12.3. The molecule has 3 aromatic heterocycles. The highest BCUT2D eigenvalue weighted by Crippen LogP contribution is 2.23. The fourth-order valence-electron chi connectivity index (χ4n) is 2.14. The Labute approximate surface area is 99.3 Å². The summed E-state index contributed by atoms with van der Waals surface area (Å²) in [4.78, 5) is 16.4. The molecule has 0 aromatic carbocycles. The lowest BCUT2D eigenvalue weighted by molar-refractivity contribution is 0.540. The molecule has 3 aromatic rings. The molecule has 0 saturated carbocycles. The van der Waals surface area contributed by atoms with E-state index >= 15 is 0 Å². The summed E-state index contributed by atoms with van der Waals surface area (Å²) in [5.41, 5.74) is 1.09. The van der Waals surface area contributed by atoms with Gasteiger partial charge in [-0.15, -0.1) is 10.2 Å². The van der Waals surface area contributed by atoms with E-state index < -0.39 is 0 Å². The van der Waals surface area contributed by atoms with Crippen LogP contribution in [0.3, 0.4) is 0 Å². The lowest BCUT2D eigenvalue weighted by Crippen LogP contribution is -2.30. The third kappa shape index (κ3) is 1.06. The van der Waals surface area contributed by atoms with Crippen LogP contribution in [0.1, 0.15) is 0 Å². The van der Waals surface area contributed by atoms with Crippen LogP contribution in [0.25, 0.3) is 16.6 Å². The zero-order chi connectivity index (χ0) is 11.4. The molecule has 0 atom stereocenters. The van der Waals surface area contributed by atoms with Gasteiger partial charge in [-0.3, -0.25) is 9.78 Å². The fourth-order valence-corrected chi connectivity index (χ4v) is 2.99. The quantitative estimate of drug-likeness (QED) is 0.578. The van der Waals surface area contributed by atoms with E-state index in [2.05, 4.69) is 15.2 Å². The van der Waals surface area contributed by atoms with Crippen LogP contribution in [0.2, 0.25) is 0 Å². The molecule has 84 valence electrons. The Hall–Kier alpha value is -1.89. The number of fused-ring (bicyclic) bond motifs is 2. The van der Waals surface area contributed by atoms with Crippen molar-refractivity contribution in [2.45, 2.75) is 11.7 Å². The van der Waals surface area contributed by atoms with Crippen LogP contribution in [-0.4, -0.2) is 30.1 Å². The van der Waals surface area contributed by atoms with E-state index in [1.54, 1.807) is 33.2 Å². The molecule has 0 saturated heterocycles. The standard InChI is InChI=1S/C10H7N5OS/c16-9-7-6(2-1-3-11-7)8-12-13-10-15(8)14(9)4-5-17-10/h1-3H,4-5H2. The first-order valence-electron chi connectivity index (χ1n) is 5.22. The van der Waals surface area contributed by atoms with Crippen molar-refractivity contribution in [3.63, 3.8) is 0 Å². The van der Waals surface area contributed by atoms with Gasteiger partial charge in [-0.1, -0.05) is 11.8 Å². The molecule has 0 bridgehead atoms. The molecule has 0 N–H and O–H groups in total. The van der Waals surface area contributed by atoms with Crippen molar-refractivity contribution in [1.29, 1.82) is 0 Å². The van der Waals surface area contributed by atoms with E-state index in [-0.39, 0.29) is 5.56 Å². The summed E-state index contributed by atoms with van der Waals surface area (Å²) in [7, 11) is 0. The van der Waals surface area contributed by atoms with Gasteiger partial charge in [0.05, 0.1) is 11.9 Å². The average Bonchev–Trinajstić information content (AvgIpc) is 2.81. The molecule has 4 rings (SSSR count). The third-order valence-electron chi connectivity index (χ3n) is 2.87. The lowest BCUT2D eigenvalue weighted by atomic mass is 10.3. The number of thioether (sulfide) groups is 1. The van der Waals surface area contributed by atoms with Gasteiger partial charge < -0.3 is 0 Å². The summed E-state index contributed by atoms with van der Waals surface area (Å²) in [6.07, 6.45) is 1.63. The molecule has 4 heterocycles. The van der Waals surface area contributed by atoms with Gasteiger partial charge in [-0.2, -0.15) is 0 Å². The Bertz CT molecular complexity index is 805. The number of pyridine rings is 1. The first kappa shape index (κ1) is 9.17. The Balaban J connectivity index is 2.39. The van der Waals surface area contributed by atoms with Crippen LogP contribution < -0.4 is 5.56 Å². The van der Waals surface area contributed by atoms with Crippen LogP contribution in [0.5, 0.6) is 0 Å². The summed E-state index contributed by atoms with van der Waals surface area (Å²) in [5.74, 6) is 0.839. The van der Waals surface area contributed by atoms with Crippen molar-refractivity contribution < 1.29 is 0 Å². The van der Waals surface area contributed by atoms with E-state index in [9.17, 15) is 4.79 Å². The monoisotopic (exact) mass is 245 g/mol. The second-order valence-electron chi connectivity index (χ2n) is 3.79. The molecule has 0 aliphatic carbocycles. The van der Waals surface area contributed by atoms with E-state index in [1.807, 2.05) is 6.07 Å². The van der Waals surface area contributed by atoms with Crippen LogP contribution >= 0.6 is 11.8 Å². The number of rotatable bonds is 0. The van der Waals surface area contributed by atoms with Crippen molar-refractivity contribution in [3.05, 3.63) is 28.7 Å². The summed E-state index contributed by atoms with van der Waals surface area (Å²) in [6, 6.07) is 3.66. The van der Waals surface area contributed by atoms with Crippen LogP contribution in [-0.2, 0) is 6.54 Å². The van der Waals surface area contributed by atoms with E-state index in [0.29, 0.717) is 17.7 Å². The first-order chi connectivity index (χ1) is 8.36. The van der Waals surface area contributed by atoms with Crippen molar-refractivity contribution in [3.8, 4) is 0 Å². The molecule has 0 fully saturated rings. The van der Waals surface area contributed by atoms with Crippen molar-refractivity contribution in [2.24, 2.45) is 0 Å². The number of nitrogens with zero attached hydrogens (tertiary/aromatic N) is 5. The highest BCUT2D eigenvalue weighted by atomic mass is 32.2. The Morgan fingerprint density at radius 2 is 2.29 bits per heavy atom. The van der Waals surface area contributed by atoms with Crippen LogP contribution in [0.15, 0.2) is 28.3 Å². The van der Waals surface area contributed by atoms with Gasteiger partial charge in [0.25, 0.3) is 5.56 Å². The van der Waals surface area contributed by atoms with E-state index in [4.69, 9.17) is 0 Å². The van der Waals surface area contributed by atoms with Crippen LogP contribution in [0.4, 0.5) is 0 Å². The molecule has 1 aliphatic heterocycles. The lowest BCUT2D eigenvalue weighted by Gasteiger charge is -2.15. The SMILES string of the molecule is O=c1c2ncccc2c2nnc3n2n1CCS3. The molecule has 0 unspecified atom stereocenters. The molecule has 1 aliphatic rings. The Morgan fingerprint density at radius 3 is 3.24 bits per heavy atom. The van der Waals surface area contributed by atoms with E-state index in [0.717, 1.165) is 16.3 Å². The predicted octanol–water partition coefficient (Wildman–Crippen LogP) is 0.545. The normalized spacial score (nSPS) is 14.6. The van der Waals surface area contributed by atoms with E-state index in [1.165, 1.54) is 0 Å². The highest BCUT2D eigenvalue weighted by molar-refractivity contribution is 7.99. The fraction of sp³-hybridized carbons (Fsp3) is 0.200. The first-order valence-corrected chi connectivity index (χ1v) is 6.20. The topological polar surface area (TPSA) is 65.1 Å². The minimum Gasteiger partial charge on any atom is -0.265 e. The predicted molar refractivity (Wildman–Crippen MR) is 63.3 cm³/mol. The second kappa shape index (κ2) is 3.07. The number of hydrogen-bond acceptors (Lipinski definition) is 5. The maximum absolute atomic E-state index is 12.3. The third-order valence-corrected chi connectivity index (χ3v) is 3.77. The average molecular weight is 245 g/mol. The zero-order valence-electron chi connectivity index (χ0n) is 8.70. The zero-order valence-corrected chi connectivity index (χ0v) is 9.52. The Kier molecular flexibility index (Phi) is 1.66. The van der Waals surface area contributed by atoms with Gasteiger partial charge in [0.2, 0.25) is 5.16 Å². The minimum atomic E-state index is -0.0746. The molecule has 7 heteroatoms. The van der Waals surface area contributed by atoms with Gasteiger partial charge in [-0.05, 0) is 12.1 Å². The molecule has 0 amide bonds. The van der Waals surface area contributed by atoms with Gasteiger partial charge in [0.15, 0.2) is 5.65 Å². The van der Waals surface area contributed by atoms with Crippen molar-refractivity contribution >= 4 is 28.3 Å². The van der Waals surface area contributed by atoms with Crippen molar-refractivity contribution in [2.75, 3.05) is 5.75 Å². The largest absolute Gasteiger partial charge is 0.292 e. The maximum Gasteiger partial charge on any atom is 0.292 e. The highest BCUT2D eigenvalue weighted by Gasteiger charge is 2.20. The molecular weight excluding hydrogens is 238 g/mol. The molecular formula is C10H7N5OS.